The van der Waals surface area contributed by atoms with Gasteiger partial charge in [0, 0.05) is 12.8 Å². The van der Waals surface area contributed by atoms with Gasteiger partial charge in [0.1, 0.15) is 10.3 Å². The average molecular weight is 350 g/mol. The van der Waals surface area contributed by atoms with Crippen LogP contribution in [0.3, 0.4) is 0 Å². The quantitative estimate of drug-likeness (QED) is 0.486. The van der Waals surface area contributed by atoms with Crippen molar-refractivity contribution in [1.82, 2.24) is 14.5 Å². The lowest BCUT2D eigenvalue weighted by molar-refractivity contribution is 0.796. The third-order valence-electron chi connectivity index (χ3n) is 3.21. The number of nitrogens with zero attached hydrogens (tertiary/aromatic N) is 3. The van der Waals surface area contributed by atoms with Gasteiger partial charge in [0.05, 0.1) is 11.9 Å². The smallest absolute Gasteiger partial charge is 0.168 e. The number of aromatic nitrogens is 3. The zero-order valence-corrected chi connectivity index (χ0v) is 14.2. The standard InChI is InChI=1S/C16H13Cl2N3S/c1-21-13(12-5-3-2-4-6-12)9-19-16(21)22-10-11-7-14(17)20-15(18)8-11/h2-9H,10H2,1H3. The highest BCUT2D eigenvalue weighted by molar-refractivity contribution is 7.98. The molecule has 0 saturated carbocycles. The van der Waals surface area contributed by atoms with Crippen molar-refractivity contribution in [2.45, 2.75) is 10.9 Å². The van der Waals surface area contributed by atoms with Gasteiger partial charge in [-0.3, -0.25) is 0 Å². The van der Waals surface area contributed by atoms with E-state index in [1.54, 1.807) is 11.8 Å². The summed E-state index contributed by atoms with van der Waals surface area (Å²) in [5.74, 6) is 0.737. The Kier molecular flexibility index (Phi) is 4.71. The summed E-state index contributed by atoms with van der Waals surface area (Å²) in [6.07, 6.45) is 1.89. The van der Waals surface area contributed by atoms with Gasteiger partial charge < -0.3 is 4.57 Å². The number of pyridine rings is 1. The number of halogens is 2. The molecule has 3 nitrogen and oxygen atoms in total. The second-order valence-electron chi connectivity index (χ2n) is 4.76. The number of rotatable bonds is 4. The van der Waals surface area contributed by atoms with E-state index in [-0.39, 0.29) is 0 Å². The van der Waals surface area contributed by atoms with E-state index in [4.69, 9.17) is 23.2 Å². The SMILES string of the molecule is Cn1c(-c2ccccc2)cnc1SCc1cc(Cl)nc(Cl)c1. The molecule has 0 N–H and O–H groups in total. The van der Waals surface area contributed by atoms with E-state index in [0.29, 0.717) is 10.3 Å². The van der Waals surface area contributed by atoms with Gasteiger partial charge in [-0.25, -0.2) is 9.97 Å². The Hall–Kier alpha value is -1.49. The van der Waals surface area contributed by atoms with Crippen LogP contribution in [0.25, 0.3) is 11.3 Å². The van der Waals surface area contributed by atoms with Crippen LogP contribution in [-0.2, 0) is 12.8 Å². The summed E-state index contributed by atoms with van der Waals surface area (Å²) in [6, 6.07) is 13.9. The van der Waals surface area contributed by atoms with Crippen LogP contribution in [0, 0.1) is 0 Å². The van der Waals surface area contributed by atoms with Crippen molar-refractivity contribution < 1.29 is 0 Å². The number of hydrogen-bond acceptors (Lipinski definition) is 3. The Balaban J connectivity index is 1.78. The van der Waals surface area contributed by atoms with Gasteiger partial charge in [-0.1, -0.05) is 65.3 Å². The van der Waals surface area contributed by atoms with Crippen LogP contribution < -0.4 is 0 Å². The summed E-state index contributed by atoms with van der Waals surface area (Å²) in [4.78, 5) is 8.45. The monoisotopic (exact) mass is 349 g/mol. The molecular weight excluding hydrogens is 337 g/mol. The van der Waals surface area contributed by atoms with E-state index in [9.17, 15) is 0 Å². The zero-order valence-electron chi connectivity index (χ0n) is 11.8. The fourth-order valence-electron chi connectivity index (χ4n) is 2.15. The Bertz CT molecular complexity index is 767. The first kappa shape index (κ1) is 15.4. The number of benzene rings is 1. The number of thioether (sulfide) groups is 1. The first-order chi connectivity index (χ1) is 10.6. The fourth-order valence-corrected chi connectivity index (χ4v) is 3.54. The molecular formula is C16H13Cl2N3S. The molecule has 2 heterocycles. The summed E-state index contributed by atoms with van der Waals surface area (Å²) in [5.41, 5.74) is 3.27. The molecule has 2 aromatic heterocycles. The summed E-state index contributed by atoms with van der Waals surface area (Å²) in [5, 5.41) is 1.77. The molecule has 0 radical (unpaired) electrons. The van der Waals surface area contributed by atoms with Crippen LogP contribution >= 0.6 is 35.0 Å². The maximum atomic E-state index is 5.92. The van der Waals surface area contributed by atoms with Crippen molar-refractivity contribution in [2.75, 3.05) is 0 Å². The molecule has 0 aliphatic rings. The van der Waals surface area contributed by atoms with Gasteiger partial charge in [-0.2, -0.15) is 0 Å². The number of hydrogen-bond donors (Lipinski definition) is 0. The first-order valence-electron chi connectivity index (χ1n) is 6.65. The fraction of sp³-hybridized carbons (Fsp3) is 0.125. The lowest BCUT2D eigenvalue weighted by Gasteiger charge is -2.06. The van der Waals surface area contributed by atoms with Gasteiger partial charge in [0.2, 0.25) is 0 Å². The molecule has 0 unspecified atom stereocenters. The second kappa shape index (κ2) is 6.73. The summed E-state index contributed by atoms with van der Waals surface area (Å²) < 4.78 is 2.09. The van der Waals surface area contributed by atoms with Crippen molar-refractivity contribution in [3.05, 3.63) is 64.5 Å². The van der Waals surface area contributed by atoms with Gasteiger partial charge in [-0.15, -0.1) is 0 Å². The predicted molar refractivity (Wildman–Crippen MR) is 92.5 cm³/mol. The summed E-state index contributed by atoms with van der Waals surface area (Å²) in [6.45, 7) is 0. The Morgan fingerprint density at radius 2 is 1.77 bits per heavy atom. The lowest BCUT2D eigenvalue weighted by atomic mass is 10.2. The minimum Gasteiger partial charge on any atom is -0.322 e. The molecule has 0 aliphatic carbocycles. The molecule has 0 fully saturated rings. The third kappa shape index (κ3) is 3.46. The maximum absolute atomic E-state index is 5.92. The Labute approximate surface area is 143 Å². The lowest BCUT2D eigenvalue weighted by Crippen LogP contribution is -1.94. The van der Waals surface area contributed by atoms with E-state index in [1.165, 1.54) is 0 Å². The molecule has 1 aromatic carbocycles. The highest BCUT2D eigenvalue weighted by Gasteiger charge is 2.09. The van der Waals surface area contributed by atoms with Crippen molar-refractivity contribution in [3.8, 4) is 11.3 Å². The average Bonchev–Trinajstić information content (AvgIpc) is 2.86. The van der Waals surface area contributed by atoms with Crippen molar-refractivity contribution in [1.29, 1.82) is 0 Å². The minimum absolute atomic E-state index is 0.410. The van der Waals surface area contributed by atoms with Crippen LogP contribution in [0.5, 0.6) is 0 Å². The number of imidazole rings is 1. The van der Waals surface area contributed by atoms with Gasteiger partial charge in [0.15, 0.2) is 5.16 Å². The van der Waals surface area contributed by atoms with Crippen molar-refractivity contribution >= 4 is 35.0 Å². The highest BCUT2D eigenvalue weighted by atomic mass is 35.5. The van der Waals surface area contributed by atoms with Gasteiger partial charge in [0.25, 0.3) is 0 Å². The molecule has 0 amide bonds. The molecule has 3 aromatic rings. The molecule has 0 bridgehead atoms. The molecule has 22 heavy (non-hydrogen) atoms. The van der Waals surface area contributed by atoms with E-state index >= 15 is 0 Å². The van der Waals surface area contributed by atoms with E-state index < -0.39 is 0 Å². The van der Waals surface area contributed by atoms with Crippen molar-refractivity contribution in [3.63, 3.8) is 0 Å². The molecule has 0 saturated heterocycles. The Morgan fingerprint density at radius 3 is 2.45 bits per heavy atom. The normalized spacial score (nSPS) is 10.9. The first-order valence-corrected chi connectivity index (χ1v) is 8.39. The largest absolute Gasteiger partial charge is 0.322 e. The van der Waals surface area contributed by atoms with Gasteiger partial charge in [-0.05, 0) is 23.3 Å². The molecule has 0 atom stereocenters. The van der Waals surface area contributed by atoms with Gasteiger partial charge >= 0.3 is 0 Å². The summed E-state index contributed by atoms with van der Waals surface area (Å²) >= 11 is 13.5. The van der Waals surface area contributed by atoms with E-state index in [0.717, 1.165) is 27.7 Å². The van der Waals surface area contributed by atoms with Crippen LogP contribution in [-0.4, -0.2) is 14.5 Å². The molecule has 3 rings (SSSR count). The predicted octanol–water partition coefficient (Wildman–Crippen LogP) is 5.08. The zero-order chi connectivity index (χ0) is 15.5. The maximum Gasteiger partial charge on any atom is 0.168 e. The van der Waals surface area contributed by atoms with Crippen molar-refractivity contribution in [2.24, 2.45) is 7.05 Å². The van der Waals surface area contributed by atoms with E-state index in [1.807, 2.05) is 43.6 Å². The molecule has 112 valence electrons. The topological polar surface area (TPSA) is 30.7 Å². The third-order valence-corrected chi connectivity index (χ3v) is 4.71. The minimum atomic E-state index is 0.410. The second-order valence-corrected chi connectivity index (χ2v) is 6.48. The molecule has 0 aliphatic heterocycles. The highest BCUT2D eigenvalue weighted by Crippen LogP contribution is 2.28. The molecule has 6 heteroatoms. The van der Waals surface area contributed by atoms with Crippen LogP contribution in [0.4, 0.5) is 0 Å². The van der Waals surface area contributed by atoms with Crippen LogP contribution in [0.1, 0.15) is 5.56 Å². The van der Waals surface area contributed by atoms with Crippen LogP contribution in [0.2, 0.25) is 10.3 Å². The van der Waals surface area contributed by atoms with E-state index in [2.05, 4.69) is 26.7 Å². The van der Waals surface area contributed by atoms with Crippen LogP contribution in [0.15, 0.2) is 53.8 Å². The Morgan fingerprint density at radius 1 is 1.09 bits per heavy atom. The molecule has 0 spiro atoms. The summed E-state index contributed by atoms with van der Waals surface area (Å²) in [7, 11) is 2.02.